The Kier molecular flexibility index (Phi) is 5.00. The summed E-state index contributed by atoms with van der Waals surface area (Å²) in [5, 5.41) is 13.6. The number of aryl methyl sites for hydroxylation is 2. The van der Waals surface area contributed by atoms with E-state index in [1.165, 1.54) is 0 Å². The highest BCUT2D eigenvalue weighted by Crippen LogP contribution is 2.37. The number of hydrogen-bond donors (Lipinski definition) is 2. The maximum Gasteiger partial charge on any atom is 0.272 e. The molecule has 2 N–H and O–H groups in total. The van der Waals surface area contributed by atoms with Gasteiger partial charge in [0.25, 0.3) is 5.56 Å². The summed E-state index contributed by atoms with van der Waals surface area (Å²) in [5.41, 5.74) is 5.42. The Morgan fingerprint density at radius 1 is 1.12 bits per heavy atom. The number of nitrogens with one attached hydrogen (secondary N) is 1. The molecule has 0 aliphatic heterocycles. The minimum atomic E-state index is -1.04. The smallest absolute Gasteiger partial charge is 0.272 e. The molecule has 0 aliphatic rings. The molecule has 5 aromatic rings. The lowest BCUT2D eigenvalue weighted by molar-refractivity contribution is 0.0802. The molecule has 0 saturated carbocycles. The molecule has 0 aliphatic carbocycles. The van der Waals surface area contributed by atoms with E-state index in [-0.39, 0.29) is 5.56 Å². The molecule has 3 aromatic heterocycles. The molecule has 0 saturated heterocycles. The van der Waals surface area contributed by atoms with Crippen LogP contribution in [0.4, 0.5) is 0 Å². The van der Waals surface area contributed by atoms with Crippen LogP contribution >= 0.6 is 11.6 Å². The zero-order valence-corrected chi connectivity index (χ0v) is 19.9. The first-order valence-corrected chi connectivity index (χ1v) is 11.3. The molecule has 33 heavy (non-hydrogen) atoms. The van der Waals surface area contributed by atoms with Crippen molar-refractivity contribution < 1.29 is 5.11 Å². The molecule has 0 amide bonds. The molecule has 168 valence electrons. The lowest BCUT2D eigenvalue weighted by Crippen LogP contribution is -2.16. The lowest BCUT2D eigenvalue weighted by atomic mass is 9.91. The highest BCUT2D eigenvalue weighted by atomic mass is 35.5. The van der Waals surface area contributed by atoms with Crippen LogP contribution in [-0.4, -0.2) is 19.2 Å². The van der Waals surface area contributed by atoms with E-state index in [4.69, 9.17) is 11.6 Å². The van der Waals surface area contributed by atoms with E-state index in [1.54, 1.807) is 20.0 Å². The van der Waals surface area contributed by atoms with Crippen molar-refractivity contribution in [3.8, 4) is 11.1 Å². The van der Waals surface area contributed by atoms with Crippen LogP contribution in [0.3, 0.4) is 0 Å². The van der Waals surface area contributed by atoms with E-state index in [9.17, 15) is 9.90 Å². The summed E-state index contributed by atoms with van der Waals surface area (Å²) in [5.74, 6) is 0. The number of nitrogens with zero attached hydrogens (tertiary/aromatic N) is 2. The minimum Gasteiger partial charge on any atom is -0.386 e. The predicted molar refractivity (Wildman–Crippen MR) is 135 cm³/mol. The average molecular weight is 460 g/mol. The quantitative estimate of drug-likeness (QED) is 0.360. The Morgan fingerprint density at radius 2 is 1.91 bits per heavy atom. The number of hydrogen-bond acceptors (Lipinski definition) is 2. The van der Waals surface area contributed by atoms with E-state index in [0.29, 0.717) is 12.1 Å². The van der Waals surface area contributed by atoms with Crippen molar-refractivity contribution in [3.63, 3.8) is 0 Å². The van der Waals surface area contributed by atoms with E-state index in [2.05, 4.69) is 28.6 Å². The number of aliphatic hydroxyl groups is 1. The largest absolute Gasteiger partial charge is 0.386 e. The van der Waals surface area contributed by atoms with E-state index in [0.717, 1.165) is 49.1 Å². The van der Waals surface area contributed by atoms with Crippen LogP contribution in [0.25, 0.3) is 32.9 Å². The fraction of sp³-hybridized carbons (Fsp3) is 0.222. The second-order valence-corrected chi connectivity index (χ2v) is 9.62. The highest BCUT2D eigenvalue weighted by molar-refractivity contribution is 6.31. The number of aromatic amines is 1. The van der Waals surface area contributed by atoms with Crippen LogP contribution in [-0.2, 0) is 19.2 Å². The van der Waals surface area contributed by atoms with Crippen molar-refractivity contribution in [3.05, 3.63) is 93.1 Å². The second-order valence-electron chi connectivity index (χ2n) is 9.22. The third-order valence-corrected chi connectivity index (χ3v) is 6.79. The number of pyridine rings is 1. The summed E-state index contributed by atoms with van der Waals surface area (Å²) in [7, 11) is 1.87. The summed E-state index contributed by atoms with van der Waals surface area (Å²) >= 11 is 6.52. The second kappa shape index (κ2) is 7.65. The fourth-order valence-electron chi connectivity index (χ4n) is 4.73. The number of aromatic nitrogens is 3. The van der Waals surface area contributed by atoms with Crippen molar-refractivity contribution in [2.75, 3.05) is 0 Å². The zero-order chi connectivity index (χ0) is 23.5. The topological polar surface area (TPSA) is 62.9 Å². The highest BCUT2D eigenvalue weighted by Gasteiger charge is 2.23. The maximum absolute atomic E-state index is 12.4. The summed E-state index contributed by atoms with van der Waals surface area (Å²) in [4.78, 5) is 15.2. The third-order valence-electron chi connectivity index (χ3n) is 6.44. The van der Waals surface area contributed by atoms with Crippen LogP contribution < -0.4 is 5.56 Å². The van der Waals surface area contributed by atoms with Crippen LogP contribution in [0.15, 0.2) is 65.8 Å². The van der Waals surface area contributed by atoms with Gasteiger partial charge in [0.05, 0.1) is 5.60 Å². The van der Waals surface area contributed by atoms with Gasteiger partial charge < -0.3 is 19.2 Å². The third kappa shape index (κ3) is 3.58. The Balaban J connectivity index is 1.78. The van der Waals surface area contributed by atoms with E-state index in [1.807, 2.05) is 54.3 Å². The molecule has 0 bridgehead atoms. The minimum absolute atomic E-state index is 0.123. The molecule has 0 spiro atoms. The predicted octanol–water partition coefficient (Wildman–Crippen LogP) is 5.73. The van der Waals surface area contributed by atoms with E-state index < -0.39 is 5.60 Å². The van der Waals surface area contributed by atoms with Crippen molar-refractivity contribution in [2.24, 2.45) is 7.05 Å². The van der Waals surface area contributed by atoms with Crippen molar-refractivity contribution >= 4 is 33.4 Å². The first-order chi connectivity index (χ1) is 15.6. The molecule has 2 aromatic carbocycles. The SMILES string of the molecule is Cc1cccc(Cl)c1Cn1ccc2c(C(C)(C)O)cc(-c3cn(C)c4c(=O)[nH]ccc34)cc21. The number of H-pyrrole nitrogens is 1. The van der Waals surface area contributed by atoms with Crippen LogP contribution in [0.5, 0.6) is 0 Å². The first kappa shape index (κ1) is 21.6. The standard InChI is InChI=1S/C27H26ClN3O2/c1-16-6-5-7-23(28)20(16)15-31-11-9-19-22(27(2,3)33)12-17(13-24(19)31)21-14-30(4)25-18(21)8-10-29-26(25)32/h5-14,33H,15H2,1-4H3,(H,29,32). The Hall–Kier alpha value is -3.28. The molecular weight excluding hydrogens is 434 g/mol. The first-order valence-electron chi connectivity index (χ1n) is 10.9. The Bertz CT molecular complexity index is 1560. The lowest BCUT2D eigenvalue weighted by Gasteiger charge is -2.21. The normalized spacial score (nSPS) is 12.2. The van der Waals surface area contributed by atoms with Gasteiger partial charge in [-0.05, 0) is 73.4 Å². The van der Waals surface area contributed by atoms with Crippen LogP contribution in [0, 0.1) is 6.92 Å². The van der Waals surface area contributed by atoms with Gasteiger partial charge in [-0.15, -0.1) is 0 Å². The molecule has 0 atom stereocenters. The molecule has 0 unspecified atom stereocenters. The molecule has 0 radical (unpaired) electrons. The molecule has 3 heterocycles. The monoisotopic (exact) mass is 459 g/mol. The molecule has 0 fully saturated rings. The van der Waals surface area contributed by atoms with Crippen LogP contribution in [0.1, 0.15) is 30.5 Å². The number of fused-ring (bicyclic) bond motifs is 2. The Morgan fingerprint density at radius 3 is 2.64 bits per heavy atom. The zero-order valence-electron chi connectivity index (χ0n) is 19.1. The summed E-state index contributed by atoms with van der Waals surface area (Å²) in [6.45, 7) is 6.29. The van der Waals surface area contributed by atoms with Gasteiger partial charge in [-0.25, -0.2) is 0 Å². The van der Waals surface area contributed by atoms with Crippen molar-refractivity contribution in [1.29, 1.82) is 0 Å². The summed E-state index contributed by atoms with van der Waals surface area (Å²) in [6.07, 6.45) is 5.69. The number of halogens is 1. The van der Waals surface area contributed by atoms with E-state index >= 15 is 0 Å². The number of benzene rings is 2. The van der Waals surface area contributed by atoms with Crippen molar-refractivity contribution in [2.45, 2.75) is 32.9 Å². The maximum atomic E-state index is 12.4. The Labute approximate surface area is 196 Å². The number of rotatable bonds is 4. The van der Waals surface area contributed by atoms with Crippen molar-refractivity contribution in [1.82, 2.24) is 14.1 Å². The summed E-state index contributed by atoms with van der Waals surface area (Å²) in [6, 6.07) is 14.1. The van der Waals surface area contributed by atoms with Gasteiger partial charge in [0.1, 0.15) is 5.52 Å². The van der Waals surface area contributed by atoms with Gasteiger partial charge in [-0.3, -0.25) is 4.79 Å². The van der Waals surface area contributed by atoms with Gasteiger partial charge in [0.15, 0.2) is 0 Å². The molecular formula is C27H26ClN3O2. The summed E-state index contributed by atoms with van der Waals surface area (Å²) < 4.78 is 4.02. The van der Waals surface area contributed by atoms with Crippen LogP contribution in [0.2, 0.25) is 5.02 Å². The van der Waals surface area contributed by atoms with Gasteiger partial charge in [-0.2, -0.15) is 0 Å². The fourth-order valence-corrected chi connectivity index (χ4v) is 5.01. The molecule has 5 rings (SSSR count). The van der Waals surface area contributed by atoms with Gasteiger partial charge in [0, 0.05) is 59.1 Å². The average Bonchev–Trinajstić information content (AvgIpc) is 3.31. The van der Waals surface area contributed by atoms with Gasteiger partial charge >= 0.3 is 0 Å². The van der Waals surface area contributed by atoms with Gasteiger partial charge in [-0.1, -0.05) is 23.7 Å². The van der Waals surface area contributed by atoms with Gasteiger partial charge in [0.2, 0.25) is 0 Å². The molecule has 5 nitrogen and oxygen atoms in total. The molecule has 6 heteroatoms.